The van der Waals surface area contributed by atoms with Crippen LogP contribution in [0, 0.1) is 0 Å². The maximum Gasteiger partial charge on any atom is 0.145 e. The summed E-state index contributed by atoms with van der Waals surface area (Å²) in [6, 6.07) is 4.06. The predicted molar refractivity (Wildman–Crippen MR) is 84.6 cm³/mol. The summed E-state index contributed by atoms with van der Waals surface area (Å²) in [5.74, 6) is 0.961. The van der Waals surface area contributed by atoms with Crippen LogP contribution < -0.4 is 22.9 Å². The van der Waals surface area contributed by atoms with Crippen molar-refractivity contribution in [1.29, 1.82) is 0 Å². The molecular formula is C12H16N8S. The molecule has 3 aromatic rings. The van der Waals surface area contributed by atoms with Crippen LogP contribution in [0.2, 0.25) is 0 Å². The SMILES string of the molecule is Nc1cnn(Cc2ccc(Cn3ncc(N)c3N)s2)c1N. The van der Waals surface area contributed by atoms with Crippen molar-refractivity contribution >= 4 is 34.3 Å². The monoisotopic (exact) mass is 304 g/mol. The molecule has 9 heteroatoms. The lowest BCUT2D eigenvalue weighted by atomic mass is 10.4. The molecule has 21 heavy (non-hydrogen) atoms. The molecule has 0 aliphatic carbocycles. The molecule has 0 unspecified atom stereocenters. The fourth-order valence-electron chi connectivity index (χ4n) is 1.96. The number of hydrogen-bond donors (Lipinski definition) is 4. The van der Waals surface area contributed by atoms with Crippen LogP contribution >= 0.6 is 11.3 Å². The van der Waals surface area contributed by atoms with E-state index in [1.165, 1.54) is 0 Å². The zero-order valence-corrected chi connectivity index (χ0v) is 12.0. The number of nitrogens with zero attached hydrogens (tertiary/aromatic N) is 4. The molecule has 3 rings (SSSR count). The Morgan fingerprint density at radius 1 is 0.810 bits per heavy atom. The van der Waals surface area contributed by atoms with E-state index in [0.717, 1.165) is 9.75 Å². The molecule has 3 aromatic heterocycles. The predicted octanol–water partition coefficient (Wildman–Crippen LogP) is 0.566. The number of nitrogen functional groups attached to an aromatic ring is 4. The molecule has 0 aliphatic rings. The summed E-state index contributed by atoms with van der Waals surface area (Å²) in [4.78, 5) is 2.25. The summed E-state index contributed by atoms with van der Waals surface area (Å²) < 4.78 is 3.34. The van der Waals surface area contributed by atoms with Gasteiger partial charge < -0.3 is 22.9 Å². The number of thiophene rings is 1. The van der Waals surface area contributed by atoms with Crippen LogP contribution in [0.25, 0.3) is 0 Å². The largest absolute Gasteiger partial charge is 0.394 e. The van der Waals surface area contributed by atoms with Crippen molar-refractivity contribution in [2.75, 3.05) is 22.9 Å². The molecule has 8 nitrogen and oxygen atoms in total. The lowest BCUT2D eigenvalue weighted by molar-refractivity contribution is 0.704. The zero-order chi connectivity index (χ0) is 15.0. The van der Waals surface area contributed by atoms with E-state index in [4.69, 9.17) is 22.9 Å². The quantitative estimate of drug-likeness (QED) is 0.555. The third kappa shape index (κ3) is 2.50. The van der Waals surface area contributed by atoms with Crippen LogP contribution in [0.3, 0.4) is 0 Å². The molecule has 0 bridgehead atoms. The Balaban J connectivity index is 1.74. The van der Waals surface area contributed by atoms with Gasteiger partial charge in [0.05, 0.1) is 36.9 Å². The van der Waals surface area contributed by atoms with Gasteiger partial charge in [-0.2, -0.15) is 10.2 Å². The highest BCUT2D eigenvalue weighted by Crippen LogP contribution is 2.22. The molecule has 0 saturated heterocycles. The molecule has 0 fully saturated rings. The number of hydrogen-bond acceptors (Lipinski definition) is 7. The first-order valence-electron chi connectivity index (χ1n) is 6.25. The lowest BCUT2D eigenvalue weighted by Crippen LogP contribution is -2.06. The average molecular weight is 304 g/mol. The summed E-state index contributed by atoms with van der Waals surface area (Å²) in [5, 5.41) is 8.28. The number of anilines is 4. The van der Waals surface area contributed by atoms with Gasteiger partial charge in [-0.3, -0.25) is 0 Å². The van der Waals surface area contributed by atoms with Gasteiger partial charge in [-0.1, -0.05) is 0 Å². The molecule has 0 aliphatic heterocycles. The molecule has 0 radical (unpaired) electrons. The van der Waals surface area contributed by atoms with Gasteiger partial charge in [-0.15, -0.1) is 11.3 Å². The molecule has 0 saturated carbocycles. The molecule has 8 N–H and O–H groups in total. The molecule has 3 heterocycles. The third-order valence-corrected chi connectivity index (χ3v) is 4.20. The van der Waals surface area contributed by atoms with Gasteiger partial charge in [-0.05, 0) is 12.1 Å². The van der Waals surface area contributed by atoms with Gasteiger partial charge in [-0.25, -0.2) is 9.36 Å². The van der Waals surface area contributed by atoms with Crippen molar-refractivity contribution in [2.45, 2.75) is 13.1 Å². The highest BCUT2D eigenvalue weighted by molar-refractivity contribution is 7.11. The average Bonchev–Trinajstić information content (AvgIpc) is 3.12. The maximum absolute atomic E-state index is 5.84. The number of rotatable bonds is 4. The van der Waals surface area contributed by atoms with E-state index in [-0.39, 0.29) is 0 Å². The fraction of sp³-hybridized carbons (Fsp3) is 0.167. The van der Waals surface area contributed by atoms with E-state index >= 15 is 0 Å². The zero-order valence-electron chi connectivity index (χ0n) is 11.2. The van der Waals surface area contributed by atoms with Crippen LogP contribution in [0.15, 0.2) is 24.5 Å². The van der Waals surface area contributed by atoms with E-state index in [9.17, 15) is 0 Å². The van der Waals surface area contributed by atoms with E-state index in [1.54, 1.807) is 33.1 Å². The topological polar surface area (TPSA) is 140 Å². The van der Waals surface area contributed by atoms with Crippen molar-refractivity contribution in [1.82, 2.24) is 19.6 Å². The number of aromatic nitrogens is 4. The van der Waals surface area contributed by atoms with Crippen LogP contribution in [0.5, 0.6) is 0 Å². The fourth-order valence-corrected chi connectivity index (χ4v) is 2.94. The maximum atomic E-state index is 5.84. The van der Waals surface area contributed by atoms with Crippen LogP contribution in [-0.4, -0.2) is 19.6 Å². The molecule has 0 spiro atoms. The van der Waals surface area contributed by atoms with Crippen molar-refractivity contribution < 1.29 is 0 Å². The Bertz CT molecular complexity index is 705. The highest BCUT2D eigenvalue weighted by Gasteiger charge is 2.09. The van der Waals surface area contributed by atoms with Crippen molar-refractivity contribution in [3.8, 4) is 0 Å². The van der Waals surface area contributed by atoms with Crippen molar-refractivity contribution in [3.05, 3.63) is 34.3 Å². The molecule has 0 aromatic carbocycles. The van der Waals surface area contributed by atoms with Crippen LogP contribution in [0.4, 0.5) is 23.0 Å². The molecular weight excluding hydrogens is 288 g/mol. The lowest BCUT2D eigenvalue weighted by Gasteiger charge is -2.03. The van der Waals surface area contributed by atoms with Gasteiger partial charge in [0.15, 0.2) is 0 Å². The Hall–Kier alpha value is -2.68. The first kappa shape index (κ1) is 13.3. The van der Waals surface area contributed by atoms with E-state index in [1.807, 2.05) is 12.1 Å². The molecule has 110 valence electrons. The van der Waals surface area contributed by atoms with Crippen molar-refractivity contribution in [2.24, 2.45) is 0 Å². The minimum atomic E-state index is 0.481. The standard InChI is InChI=1S/C12H16N8S/c13-9-3-17-19(11(9)15)5-7-1-2-8(21-7)6-20-12(16)10(14)4-18-20/h1-4H,5-6,13-16H2. The van der Waals surface area contributed by atoms with Crippen LogP contribution in [-0.2, 0) is 13.1 Å². The second-order valence-electron chi connectivity index (χ2n) is 4.65. The second kappa shape index (κ2) is 5.02. The Kier molecular flexibility index (Phi) is 3.18. The van der Waals surface area contributed by atoms with Crippen LogP contribution in [0.1, 0.15) is 9.75 Å². The minimum absolute atomic E-state index is 0.481. The van der Waals surface area contributed by atoms with Gasteiger partial charge >= 0.3 is 0 Å². The third-order valence-electron chi connectivity index (χ3n) is 3.15. The molecule has 0 amide bonds. The Morgan fingerprint density at radius 2 is 1.24 bits per heavy atom. The van der Waals surface area contributed by atoms with E-state index in [2.05, 4.69) is 10.2 Å². The van der Waals surface area contributed by atoms with Gasteiger partial charge in [0.1, 0.15) is 11.6 Å². The van der Waals surface area contributed by atoms with Crippen molar-refractivity contribution in [3.63, 3.8) is 0 Å². The van der Waals surface area contributed by atoms with E-state index in [0.29, 0.717) is 36.1 Å². The smallest absolute Gasteiger partial charge is 0.145 e. The van der Waals surface area contributed by atoms with E-state index < -0.39 is 0 Å². The normalized spacial score (nSPS) is 11.0. The Labute approximate surface area is 124 Å². The first-order valence-corrected chi connectivity index (χ1v) is 7.07. The first-order chi connectivity index (χ1) is 10.0. The van der Waals surface area contributed by atoms with Gasteiger partial charge in [0, 0.05) is 9.75 Å². The summed E-state index contributed by atoms with van der Waals surface area (Å²) in [5.41, 5.74) is 24.0. The van der Waals surface area contributed by atoms with Gasteiger partial charge in [0.2, 0.25) is 0 Å². The number of nitrogens with two attached hydrogens (primary N) is 4. The summed E-state index contributed by atoms with van der Waals surface area (Å²) in [6.07, 6.45) is 3.11. The summed E-state index contributed by atoms with van der Waals surface area (Å²) in [7, 11) is 0. The van der Waals surface area contributed by atoms with Gasteiger partial charge in [0.25, 0.3) is 0 Å². The Morgan fingerprint density at radius 3 is 1.57 bits per heavy atom. The summed E-state index contributed by atoms with van der Waals surface area (Å²) >= 11 is 1.64. The highest BCUT2D eigenvalue weighted by atomic mass is 32.1. The summed E-state index contributed by atoms with van der Waals surface area (Å²) in [6.45, 7) is 1.18. The minimum Gasteiger partial charge on any atom is -0.394 e. The second-order valence-corrected chi connectivity index (χ2v) is 5.91. The molecule has 0 atom stereocenters.